The van der Waals surface area contributed by atoms with Gasteiger partial charge < -0.3 is 15.4 Å². The molecule has 1 aromatic rings. The summed E-state index contributed by atoms with van der Waals surface area (Å²) in [7, 11) is 0. The summed E-state index contributed by atoms with van der Waals surface area (Å²) < 4.78 is 7.42. The number of hydrogen-bond donors (Lipinski definition) is 2. The summed E-state index contributed by atoms with van der Waals surface area (Å²) in [4.78, 5) is 11.9. The molecule has 1 aliphatic carbocycles. The second-order valence-corrected chi connectivity index (χ2v) is 6.08. The molecule has 3 atom stereocenters. The van der Waals surface area contributed by atoms with E-state index in [-0.39, 0.29) is 12.1 Å². The maximum Gasteiger partial charge on any atom is 0.319 e. The Kier molecular flexibility index (Phi) is 4.43. The number of urea groups is 1. The summed E-state index contributed by atoms with van der Waals surface area (Å²) in [6.45, 7) is 3.78. The lowest BCUT2D eigenvalue weighted by molar-refractivity contribution is 0.0940. The molecule has 6 heteroatoms. The fourth-order valence-electron chi connectivity index (χ4n) is 2.97. The van der Waals surface area contributed by atoms with Crippen LogP contribution in [-0.2, 0) is 11.3 Å². The van der Waals surface area contributed by atoms with Crippen molar-refractivity contribution in [2.45, 2.75) is 57.7 Å². The molecule has 3 rings (SSSR count). The zero-order chi connectivity index (χ0) is 14.7. The molecular weight excluding hydrogens is 268 g/mol. The quantitative estimate of drug-likeness (QED) is 0.846. The van der Waals surface area contributed by atoms with E-state index in [0.29, 0.717) is 12.0 Å². The Labute approximate surface area is 125 Å². The van der Waals surface area contributed by atoms with Gasteiger partial charge in [-0.1, -0.05) is 13.3 Å². The second kappa shape index (κ2) is 6.47. The van der Waals surface area contributed by atoms with Gasteiger partial charge in [-0.05, 0) is 31.6 Å². The number of aromatic nitrogens is 2. The maximum atomic E-state index is 11.9. The highest BCUT2D eigenvalue weighted by atomic mass is 16.5. The van der Waals surface area contributed by atoms with Crippen LogP contribution in [0.4, 0.5) is 10.5 Å². The minimum atomic E-state index is -0.129. The molecule has 1 aromatic heterocycles. The van der Waals surface area contributed by atoms with E-state index in [4.69, 9.17) is 4.74 Å². The van der Waals surface area contributed by atoms with Gasteiger partial charge >= 0.3 is 6.03 Å². The van der Waals surface area contributed by atoms with Crippen molar-refractivity contribution < 1.29 is 9.53 Å². The van der Waals surface area contributed by atoms with Gasteiger partial charge in [0.15, 0.2) is 0 Å². The van der Waals surface area contributed by atoms with E-state index >= 15 is 0 Å². The van der Waals surface area contributed by atoms with E-state index in [1.54, 1.807) is 6.20 Å². The number of rotatable bonds is 6. The van der Waals surface area contributed by atoms with Crippen molar-refractivity contribution >= 4 is 11.7 Å². The molecule has 0 bridgehead atoms. The maximum absolute atomic E-state index is 11.9. The molecule has 0 aromatic carbocycles. The van der Waals surface area contributed by atoms with Crippen molar-refractivity contribution in [2.24, 2.45) is 5.92 Å². The van der Waals surface area contributed by atoms with Crippen molar-refractivity contribution in [3.63, 3.8) is 0 Å². The normalized spacial score (nSPS) is 27.6. The van der Waals surface area contributed by atoms with Crippen LogP contribution in [0.3, 0.4) is 0 Å². The molecule has 2 amide bonds. The third kappa shape index (κ3) is 3.97. The van der Waals surface area contributed by atoms with Crippen LogP contribution in [-0.4, -0.2) is 34.6 Å². The summed E-state index contributed by atoms with van der Waals surface area (Å²) in [5, 5.41) is 10.1. The monoisotopic (exact) mass is 292 g/mol. The topological polar surface area (TPSA) is 68.2 Å². The molecule has 21 heavy (non-hydrogen) atoms. The lowest BCUT2D eigenvalue weighted by Crippen LogP contribution is -2.31. The number of carbonyl (C=O) groups is 1. The third-order valence-electron chi connectivity index (χ3n) is 4.20. The Balaban J connectivity index is 1.42. The summed E-state index contributed by atoms with van der Waals surface area (Å²) in [5.74, 6) is 0.669. The molecule has 116 valence electrons. The third-order valence-corrected chi connectivity index (χ3v) is 4.20. The molecule has 0 unspecified atom stereocenters. The molecule has 1 aliphatic heterocycles. The zero-order valence-electron chi connectivity index (χ0n) is 12.5. The summed E-state index contributed by atoms with van der Waals surface area (Å²) >= 11 is 0. The van der Waals surface area contributed by atoms with Crippen molar-refractivity contribution in [2.75, 3.05) is 11.9 Å². The number of nitrogens with zero attached hydrogens (tertiary/aromatic N) is 2. The van der Waals surface area contributed by atoms with Crippen LogP contribution in [0, 0.1) is 5.92 Å². The minimum Gasteiger partial charge on any atom is -0.376 e. The number of ether oxygens (including phenoxy) is 1. The standard InChI is InChI=1S/C15H24N4O2/c1-2-4-11-7-14(11)18-15(20)17-12-8-16-19(9-12)10-13-5-3-6-21-13/h8-9,11,13-14H,2-7,10H2,1H3,(H2,17,18,20)/t11-,13+,14+/m1/s1. The predicted octanol–water partition coefficient (Wildman–Crippen LogP) is 2.37. The second-order valence-electron chi connectivity index (χ2n) is 6.08. The van der Waals surface area contributed by atoms with Gasteiger partial charge in [-0.15, -0.1) is 0 Å². The highest BCUT2D eigenvalue weighted by molar-refractivity contribution is 5.89. The van der Waals surface area contributed by atoms with Crippen LogP contribution in [0.15, 0.2) is 12.4 Å². The van der Waals surface area contributed by atoms with E-state index in [2.05, 4.69) is 22.7 Å². The molecule has 0 spiro atoms. The molecule has 2 fully saturated rings. The van der Waals surface area contributed by atoms with Gasteiger partial charge in [0.25, 0.3) is 0 Å². The van der Waals surface area contributed by atoms with Crippen LogP contribution in [0.1, 0.15) is 39.0 Å². The molecule has 2 heterocycles. The number of anilines is 1. The Morgan fingerprint density at radius 2 is 2.48 bits per heavy atom. The first-order valence-electron chi connectivity index (χ1n) is 7.96. The lowest BCUT2D eigenvalue weighted by atomic mass is 10.2. The van der Waals surface area contributed by atoms with Crippen LogP contribution in [0.5, 0.6) is 0 Å². The molecule has 1 saturated carbocycles. The van der Waals surface area contributed by atoms with Gasteiger partial charge in [-0.2, -0.15) is 5.10 Å². The summed E-state index contributed by atoms with van der Waals surface area (Å²) in [6.07, 6.45) is 9.50. The van der Waals surface area contributed by atoms with Gasteiger partial charge in [0.1, 0.15) is 0 Å². The van der Waals surface area contributed by atoms with Crippen molar-refractivity contribution in [3.8, 4) is 0 Å². The van der Waals surface area contributed by atoms with Gasteiger partial charge in [0, 0.05) is 18.8 Å². The SMILES string of the molecule is CCC[C@@H]1C[C@@H]1NC(=O)Nc1cnn(C[C@@H]2CCCO2)c1. The van der Waals surface area contributed by atoms with Gasteiger partial charge in [-0.25, -0.2) is 4.79 Å². The van der Waals surface area contributed by atoms with Crippen molar-refractivity contribution in [1.82, 2.24) is 15.1 Å². The molecule has 2 N–H and O–H groups in total. The molecule has 6 nitrogen and oxygen atoms in total. The van der Waals surface area contributed by atoms with E-state index in [0.717, 1.165) is 38.1 Å². The first-order valence-corrected chi connectivity index (χ1v) is 7.96. The smallest absolute Gasteiger partial charge is 0.319 e. The Morgan fingerprint density at radius 3 is 3.24 bits per heavy atom. The van der Waals surface area contributed by atoms with E-state index in [1.807, 2.05) is 10.9 Å². The van der Waals surface area contributed by atoms with Crippen molar-refractivity contribution in [3.05, 3.63) is 12.4 Å². The highest BCUT2D eigenvalue weighted by Gasteiger charge is 2.37. The van der Waals surface area contributed by atoms with E-state index in [1.165, 1.54) is 12.8 Å². The number of amides is 2. The summed E-state index contributed by atoms with van der Waals surface area (Å²) in [6, 6.07) is 0.224. The van der Waals surface area contributed by atoms with Crippen molar-refractivity contribution in [1.29, 1.82) is 0 Å². The highest BCUT2D eigenvalue weighted by Crippen LogP contribution is 2.34. The van der Waals surface area contributed by atoms with E-state index in [9.17, 15) is 4.79 Å². The fourth-order valence-corrected chi connectivity index (χ4v) is 2.97. The average Bonchev–Trinajstić information content (AvgIpc) is 2.87. The molecule has 2 aliphatic rings. The molecular formula is C15H24N4O2. The molecule has 1 saturated heterocycles. The zero-order valence-corrected chi connectivity index (χ0v) is 12.5. The van der Waals surface area contributed by atoms with E-state index < -0.39 is 0 Å². The van der Waals surface area contributed by atoms with Gasteiger partial charge in [0.05, 0.1) is 24.5 Å². The fraction of sp³-hybridized carbons (Fsp3) is 0.733. The first-order chi connectivity index (χ1) is 10.2. The Morgan fingerprint density at radius 1 is 1.57 bits per heavy atom. The Hall–Kier alpha value is -1.56. The number of carbonyl (C=O) groups excluding carboxylic acids is 1. The first kappa shape index (κ1) is 14.4. The minimum absolute atomic E-state index is 0.129. The molecule has 0 radical (unpaired) electrons. The summed E-state index contributed by atoms with van der Waals surface area (Å²) in [5.41, 5.74) is 0.734. The predicted molar refractivity (Wildman–Crippen MR) is 80.2 cm³/mol. The van der Waals surface area contributed by atoms with Crippen LogP contribution < -0.4 is 10.6 Å². The number of hydrogen-bond acceptors (Lipinski definition) is 3. The lowest BCUT2D eigenvalue weighted by Gasteiger charge is -2.08. The van der Waals surface area contributed by atoms with Gasteiger partial charge in [0.2, 0.25) is 0 Å². The van der Waals surface area contributed by atoms with Crippen LogP contribution in [0.2, 0.25) is 0 Å². The average molecular weight is 292 g/mol. The van der Waals surface area contributed by atoms with Crippen LogP contribution >= 0.6 is 0 Å². The Bertz CT molecular complexity index is 482. The largest absolute Gasteiger partial charge is 0.376 e. The van der Waals surface area contributed by atoms with Crippen LogP contribution in [0.25, 0.3) is 0 Å². The van der Waals surface area contributed by atoms with Gasteiger partial charge in [-0.3, -0.25) is 4.68 Å². The number of nitrogens with one attached hydrogen (secondary N) is 2.